The molecule has 0 amide bonds. The van der Waals surface area contributed by atoms with Crippen LogP contribution >= 0.6 is 11.3 Å². The van der Waals surface area contributed by atoms with Crippen molar-refractivity contribution in [3.8, 4) is 5.75 Å². The van der Waals surface area contributed by atoms with Crippen LogP contribution in [0.1, 0.15) is 30.1 Å². The second kappa shape index (κ2) is 7.16. The van der Waals surface area contributed by atoms with Crippen LogP contribution in [0.4, 0.5) is 11.1 Å². The Morgan fingerprint density at radius 3 is 2.84 bits per heavy atom. The van der Waals surface area contributed by atoms with Gasteiger partial charge >= 0.3 is 0 Å². The highest BCUT2D eigenvalue weighted by molar-refractivity contribution is 7.13. The summed E-state index contributed by atoms with van der Waals surface area (Å²) in [5.74, 6) is 0.888. The Balaban J connectivity index is 1.50. The molecule has 1 saturated heterocycles. The molecule has 7 heteroatoms. The second-order valence-corrected chi connectivity index (χ2v) is 6.96. The fourth-order valence-corrected chi connectivity index (χ4v) is 3.71. The third-order valence-corrected chi connectivity index (χ3v) is 5.04. The minimum Gasteiger partial charge on any atom is -0.508 e. The lowest BCUT2D eigenvalue weighted by Gasteiger charge is -2.24. The van der Waals surface area contributed by atoms with Gasteiger partial charge in [0.25, 0.3) is 0 Å². The molecule has 25 heavy (non-hydrogen) atoms. The van der Waals surface area contributed by atoms with Gasteiger partial charge in [-0.1, -0.05) is 12.1 Å². The van der Waals surface area contributed by atoms with Crippen molar-refractivity contribution in [3.05, 3.63) is 59.4 Å². The first-order valence-electron chi connectivity index (χ1n) is 8.29. The third-order valence-electron chi connectivity index (χ3n) is 4.36. The zero-order valence-corrected chi connectivity index (χ0v) is 14.5. The number of hydrogen-bond donors (Lipinski definition) is 2. The van der Waals surface area contributed by atoms with Crippen LogP contribution in [0, 0.1) is 0 Å². The van der Waals surface area contributed by atoms with Gasteiger partial charge in [-0.15, -0.1) is 11.3 Å². The van der Waals surface area contributed by atoms with Crippen LogP contribution in [0.15, 0.2) is 48.1 Å². The van der Waals surface area contributed by atoms with Crippen LogP contribution in [0.5, 0.6) is 5.75 Å². The van der Waals surface area contributed by atoms with Crippen molar-refractivity contribution in [2.24, 2.45) is 0 Å². The highest BCUT2D eigenvalue weighted by atomic mass is 32.1. The van der Waals surface area contributed by atoms with Gasteiger partial charge in [0.15, 0.2) is 5.13 Å². The van der Waals surface area contributed by atoms with Crippen LogP contribution in [-0.4, -0.2) is 31.5 Å². The predicted molar refractivity (Wildman–Crippen MR) is 97.9 cm³/mol. The molecule has 0 aliphatic carbocycles. The number of hydrogen-bond acceptors (Lipinski definition) is 7. The maximum Gasteiger partial charge on any atom is 0.229 e. The number of phenolic OH excluding ortho intramolecular Hbond substituents is 1. The summed E-state index contributed by atoms with van der Waals surface area (Å²) in [6.45, 7) is 1.90. The molecule has 2 N–H and O–H groups in total. The standard InChI is InChI=1S/C18H19N5OS/c24-14-5-3-13(4-6-14)12-23-10-1-2-16(23)15-7-8-19-17(21-15)22-18-20-9-11-25-18/h3-9,11,16,24H,1-2,10,12H2,(H,19,20,21,22)/t16-/m1/s1. The molecule has 1 atom stereocenters. The van der Waals surface area contributed by atoms with Crippen molar-refractivity contribution in [2.75, 3.05) is 11.9 Å². The van der Waals surface area contributed by atoms with Crippen LogP contribution in [0.2, 0.25) is 0 Å². The summed E-state index contributed by atoms with van der Waals surface area (Å²) in [6, 6.07) is 9.70. The van der Waals surface area contributed by atoms with Gasteiger partial charge in [-0.25, -0.2) is 15.0 Å². The maximum absolute atomic E-state index is 9.44. The van der Waals surface area contributed by atoms with Crippen molar-refractivity contribution >= 4 is 22.4 Å². The molecular weight excluding hydrogens is 334 g/mol. The minimum absolute atomic E-state index is 0.286. The van der Waals surface area contributed by atoms with E-state index >= 15 is 0 Å². The van der Waals surface area contributed by atoms with E-state index < -0.39 is 0 Å². The summed E-state index contributed by atoms with van der Waals surface area (Å²) in [5.41, 5.74) is 2.23. The lowest BCUT2D eigenvalue weighted by atomic mass is 10.1. The molecule has 0 radical (unpaired) electrons. The summed E-state index contributed by atoms with van der Waals surface area (Å²) in [5, 5.41) is 15.3. The Hall–Kier alpha value is -2.51. The molecule has 128 valence electrons. The van der Waals surface area contributed by atoms with E-state index in [0.29, 0.717) is 11.7 Å². The molecule has 1 aromatic carbocycles. The number of rotatable bonds is 5. The van der Waals surface area contributed by atoms with Crippen molar-refractivity contribution in [1.29, 1.82) is 0 Å². The number of nitrogens with one attached hydrogen (secondary N) is 1. The number of aromatic hydroxyl groups is 1. The van der Waals surface area contributed by atoms with Crippen molar-refractivity contribution in [2.45, 2.75) is 25.4 Å². The molecule has 2 aromatic heterocycles. The first-order chi connectivity index (χ1) is 12.3. The average molecular weight is 353 g/mol. The van der Waals surface area contributed by atoms with Gasteiger partial charge in [-0.3, -0.25) is 4.90 Å². The topological polar surface area (TPSA) is 74.2 Å². The van der Waals surface area contributed by atoms with Crippen molar-refractivity contribution in [3.63, 3.8) is 0 Å². The maximum atomic E-state index is 9.44. The molecule has 6 nitrogen and oxygen atoms in total. The van der Waals surface area contributed by atoms with Gasteiger partial charge in [0.2, 0.25) is 5.95 Å². The molecule has 3 aromatic rings. The molecule has 1 aliphatic heterocycles. The van der Waals surface area contributed by atoms with Gasteiger partial charge in [0.1, 0.15) is 5.75 Å². The average Bonchev–Trinajstić information content (AvgIpc) is 3.29. The van der Waals surface area contributed by atoms with Gasteiger partial charge in [-0.2, -0.15) is 0 Å². The van der Waals surface area contributed by atoms with Gasteiger partial charge < -0.3 is 10.4 Å². The highest BCUT2D eigenvalue weighted by Gasteiger charge is 2.27. The summed E-state index contributed by atoms with van der Waals surface area (Å²) in [4.78, 5) is 15.6. The van der Waals surface area contributed by atoms with E-state index in [1.165, 1.54) is 16.9 Å². The predicted octanol–water partition coefficient (Wildman–Crippen LogP) is 3.72. The van der Waals surface area contributed by atoms with E-state index in [2.05, 4.69) is 20.2 Å². The molecule has 1 aliphatic rings. The molecule has 0 spiro atoms. The zero-order chi connectivity index (χ0) is 17.1. The van der Waals surface area contributed by atoms with Crippen LogP contribution in [0.3, 0.4) is 0 Å². The van der Waals surface area contributed by atoms with Crippen LogP contribution < -0.4 is 5.32 Å². The molecule has 0 bridgehead atoms. The second-order valence-electron chi connectivity index (χ2n) is 6.06. The number of thiazole rings is 1. The number of aromatic nitrogens is 3. The number of anilines is 2. The number of likely N-dealkylation sites (tertiary alicyclic amines) is 1. The van der Waals surface area contributed by atoms with E-state index in [1.54, 1.807) is 24.5 Å². The quantitative estimate of drug-likeness (QED) is 0.728. The summed E-state index contributed by atoms with van der Waals surface area (Å²) in [7, 11) is 0. The molecule has 3 heterocycles. The normalized spacial score (nSPS) is 17.7. The van der Waals surface area contributed by atoms with E-state index in [-0.39, 0.29) is 6.04 Å². The Labute approximate surface area is 150 Å². The summed E-state index contributed by atoms with van der Waals surface area (Å²) >= 11 is 1.53. The SMILES string of the molecule is Oc1ccc(CN2CCC[C@@H]2c2ccnc(Nc3nccs3)n2)cc1. The van der Waals surface area contributed by atoms with Gasteiger partial charge in [-0.05, 0) is 43.1 Å². The Morgan fingerprint density at radius 2 is 2.04 bits per heavy atom. The largest absolute Gasteiger partial charge is 0.508 e. The van der Waals surface area contributed by atoms with Gasteiger partial charge in [0.05, 0.1) is 11.7 Å². The van der Waals surface area contributed by atoms with E-state index in [9.17, 15) is 5.11 Å². The molecule has 4 rings (SSSR count). The first-order valence-corrected chi connectivity index (χ1v) is 9.17. The fraction of sp³-hybridized carbons (Fsp3) is 0.278. The Bertz CT molecular complexity index is 822. The van der Waals surface area contributed by atoms with Gasteiger partial charge in [0, 0.05) is 24.3 Å². The Morgan fingerprint density at radius 1 is 1.16 bits per heavy atom. The van der Waals surface area contributed by atoms with E-state index in [1.807, 2.05) is 23.6 Å². The van der Waals surface area contributed by atoms with Crippen LogP contribution in [0.25, 0.3) is 0 Å². The smallest absolute Gasteiger partial charge is 0.229 e. The van der Waals surface area contributed by atoms with Crippen LogP contribution in [-0.2, 0) is 6.54 Å². The van der Waals surface area contributed by atoms with E-state index in [4.69, 9.17) is 4.98 Å². The van der Waals surface area contributed by atoms with Crippen molar-refractivity contribution in [1.82, 2.24) is 19.9 Å². The number of nitrogens with zero attached hydrogens (tertiary/aromatic N) is 4. The number of benzene rings is 1. The Kier molecular flexibility index (Phi) is 4.58. The molecule has 0 saturated carbocycles. The first kappa shape index (κ1) is 16.0. The molecular formula is C18H19N5OS. The summed E-state index contributed by atoms with van der Waals surface area (Å²) in [6.07, 6.45) is 5.80. The summed E-state index contributed by atoms with van der Waals surface area (Å²) < 4.78 is 0. The number of phenols is 1. The lowest BCUT2D eigenvalue weighted by Crippen LogP contribution is -2.23. The molecule has 1 fully saturated rings. The van der Waals surface area contributed by atoms with E-state index in [0.717, 1.165) is 36.8 Å². The minimum atomic E-state index is 0.286. The zero-order valence-electron chi connectivity index (χ0n) is 13.7. The van der Waals surface area contributed by atoms with Crippen molar-refractivity contribution < 1.29 is 5.11 Å². The monoisotopic (exact) mass is 353 g/mol. The third kappa shape index (κ3) is 3.78. The fourth-order valence-electron chi connectivity index (χ4n) is 3.19. The molecule has 0 unspecified atom stereocenters. The highest BCUT2D eigenvalue weighted by Crippen LogP contribution is 2.32. The lowest BCUT2D eigenvalue weighted by molar-refractivity contribution is 0.244.